The molecule has 3 aromatic carbocycles. The summed E-state index contributed by atoms with van der Waals surface area (Å²) in [6.07, 6.45) is 5.58. The van der Waals surface area contributed by atoms with Crippen molar-refractivity contribution in [3.05, 3.63) is 83.5 Å². The average molecular weight is 1090 g/mol. The molecule has 0 bridgehead atoms. The summed E-state index contributed by atoms with van der Waals surface area (Å²) in [5, 5.41) is 4.88. The Balaban J connectivity index is 0.000000223. The second-order valence-corrected chi connectivity index (χ2v) is 20.9. The molecule has 3 aromatic heterocycles. The highest BCUT2D eigenvalue weighted by Crippen LogP contribution is 2.39. The summed E-state index contributed by atoms with van der Waals surface area (Å²) in [5.74, 6) is 2.43. The van der Waals surface area contributed by atoms with E-state index in [-0.39, 0.29) is 0 Å². The van der Waals surface area contributed by atoms with Crippen LogP contribution in [0.1, 0.15) is 0 Å². The van der Waals surface area contributed by atoms with Crippen molar-refractivity contribution < 1.29 is 46.9 Å². The molecule has 0 aliphatic carbocycles. The topological polar surface area (TPSA) is 161 Å². The van der Waals surface area contributed by atoms with Crippen molar-refractivity contribution in [3.63, 3.8) is 0 Å². The smallest absolute Gasteiger partial charge is 0.146 e. The molecule has 0 fully saturated rings. The lowest BCUT2D eigenvalue weighted by Gasteiger charge is -2.36. The van der Waals surface area contributed by atoms with E-state index in [4.69, 9.17) is 68.3 Å². The standard InChI is InChI=1S/3C13H17BrClN2O.H3O4P/c3*1-17(2,3)6-7-18-11-8-16-10-5-4-9(14)13(15)12(10)11;1-5(2,3)4/h3*4-5,8,16H,6-7H2,1-3H3;(H3,1,2,3,4)/q3*+1;/p-3. The number of halogens is 6. The molecule has 6 aromatic rings. The van der Waals surface area contributed by atoms with E-state index >= 15 is 0 Å². The zero-order valence-corrected chi connectivity index (χ0v) is 42.3. The van der Waals surface area contributed by atoms with Gasteiger partial charge < -0.3 is 61.9 Å². The summed E-state index contributed by atoms with van der Waals surface area (Å²) in [5.41, 5.74) is 2.97. The Morgan fingerprint density at radius 2 is 0.729 bits per heavy atom. The quantitative estimate of drug-likeness (QED) is 0.0823. The van der Waals surface area contributed by atoms with Gasteiger partial charge in [0.15, 0.2) is 0 Å². The molecule has 3 N–H and O–H groups in total. The van der Waals surface area contributed by atoms with Gasteiger partial charge in [-0.1, -0.05) is 34.8 Å². The highest BCUT2D eigenvalue weighted by molar-refractivity contribution is 9.11. The van der Waals surface area contributed by atoms with Gasteiger partial charge in [0.1, 0.15) is 56.7 Å². The van der Waals surface area contributed by atoms with E-state index in [0.29, 0.717) is 34.9 Å². The molecule has 6 rings (SSSR count). The predicted molar refractivity (Wildman–Crippen MR) is 246 cm³/mol. The maximum absolute atomic E-state index is 8.55. The Morgan fingerprint density at radius 3 is 0.932 bits per heavy atom. The lowest BCUT2D eigenvalue weighted by atomic mass is 10.2. The molecule has 0 radical (unpaired) electrons. The maximum Gasteiger partial charge on any atom is 0.146 e. The summed E-state index contributed by atoms with van der Waals surface area (Å²) < 4.78 is 31.3. The number of aromatic nitrogens is 3. The first-order valence-corrected chi connectivity index (χ1v) is 23.0. The molecule has 0 atom stereocenters. The second kappa shape index (κ2) is 21.9. The van der Waals surface area contributed by atoms with Crippen LogP contribution < -0.4 is 28.9 Å². The summed E-state index contributed by atoms with van der Waals surface area (Å²) in [6, 6.07) is 11.7. The van der Waals surface area contributed by atoms with Crippen LogP contribution in [0.4, 0.5) is 0 Å². The number of fused-ring (bicyclic) bond motifs is 3. The Bertz CT molecular complexity index is 2100. The minimum atomic E-state index is -5.39. The number of benzene rings is 3. The number of hydrogen-bond donors (Lipinski definition) is 3. The van der Waals surface area contributed by atoms with Crippen molar-refractivity contribution in [2.45, 2.75) is 0 Å². The van der Waals surface area contributed by atoms with E-state index in [0.717, 1.165) is 96.5 Å². The highest BCUT2D eigenvalue weighted by atomic mass is 79.9. The van der Waals surface area contributed by atoms with Gasteiger partial charge in [0.05, 0.1) is 111 Å². The summed E-state index contributed by atoms with van der Waals surface area (Å²) >= 11 is 29.2. The minimum Gasteiger partial charge on any atom is -0.822 e. The zero-order chi connectivity index (χ0) is 44.5. The van der Waals surface area contributed by atoms with E-state index in [1.165, 1.54) is 0 Å². The average Bonchev–Trinajstić information content (AvgIpc) is 3.82. The first kappa shape index (κ1) is 51.3. The van der Waals surface area contributed by atoms with E-state index < -0.39 is 7.82 Å². The van der Waals surface area contributed by atoms with Crippen LogP contribution >= 0.6 is 90.4 Å². The number of rotatable bonds is 12. The van der Waals surface area contributed by atoms with Crippen LogP contribution in [0.2, 0.25) is 15.1 Å². The summed E-state index contributed by atoms with van der Waals surface area (Å²) in [7, 11) is 13.9. The predicted octanol–water partition coefficient (Wildman–Crippen LogP) is 8.18. The fourth-order valence-corrected chi connectivity index (χ4v) is 6.78. The van der Waals surface area contributed by atoms with Gasteiger partial charge in [-0.05, 0) is 84.2 Å². The third-order valence-electron chi connectivity index (χ3n) is 8.16. The van der Waals surface area contributed by atoms with Crippen LogP contribution in [0.25, 0.3) is 32.7 Å². The fourth-order valence-electron chi connectivity index (χ4n) is 5.01. The lowest BCUT2D eigenvalue weighted by Crippen LogP contribution is -2.38. The van der Waals surface area contributed by atoms with E-state index in [9.17, 15) is 0 Å². The van der Waals surface area contributed by atoms with Crippen LogP contribution in [-0.4, -0.2) is 131 Å². The molecule has 3 heterocycles. The van der Waals surface area contributed by atoms with Crippen LogP contribution in [0.15, 0.2) is 68.4 Å². The summed E-state index contributed by atoms with van der Waals surface area (Å²) in [4.78, 5) is 35.2. The first-order chi connectivity index (χ1) is 27.1. The number of hydrogen-bond acceptors (Lipinski definition) is 7. The molecule has 0 aliphatic heterocycles. The van der Waals surface area contributed by atoms with Crippen molar-refractivity contribution in [3.8, 4) is 17.2 Å². The van der Waals surface area contributed by atoms with E-state index in [1.807, 2.05) is 55.0 Å². The van der Waals surface area contributed by atoms with Crippen LogP contribution in [-0.2, 0) is 4.57 Å². The minimum absolute atomic E-state index is 0.666. The van der Waals surface area contributed by atoms with Gasteiger partial charge in [-0.3, -0.25) is 0 Å². The third-order valence-corrected chi connectivity index (χ3v) is 12.0. The number of aromatic amines is 3. The van der Waals surface area contributed by atoms with Crippen molar-refractivity contribution in [1.82, 2.24) is 15.0 Å². The van der Waals surface area contributed by atoms with Gasteiger partial charge in [0.2, 0.25) is 0 Å². The largest absolute Gasteiger partial charge is 0.822 e. The molecular weight excluding hydrogens is 1040 g/mol. The molecule has 20 heteroatoms. The second-order valence-electron chi connectivity index (χ2n) is 16.3. The van der Waals surface area contributed by atoms with E-state index in [2.05, 4.69) is 126 Å². The Kier molecular flexibility index (Phi) is 19.0. The van der Waals surface area contributed by atoms with Crippen molar-refractivity contribution in [2.24, 2.45) is 0 Å². The first-order valence-electron chi connectivity index (χ1n) is 18.0. The van der Waals surface area contributed by atoms with Gasteiger partial charge in [-0.2, -0.15) is 7.82 Å². The molecule has 59 heavy (non-hydrogen) atoms. The molecule has 0 unspecified atom stereocenters. The van der Waals surface area contributed by atoms with Crippen molar-refractivity contribution in [2.75, 3.05) is 103 Å². The highest BCUT2D eigenvalue weighted by Gasteiger charge is 2.16. The Labute approximate surface area is 385 Å². The maximum atomic E-state index is 8.55. The Hall–Kier alpha value is -2.02. The third kappa shape index (κ3) is 17.3. The van der Waals surface area contributed by atoms with Crippen LogP contribution in [0, 0.1) is 0 Å². The molecule has 0 spiro atoms. The molecule has 13 nitrogen and oxygen atoms in total. The monoisotopic (exact) mass is 1090 g/mol. The summed E-state index contributed by atoms with van der Waals surface area (Å²) in [6.45, 7) is 4.83. The number of phosphoric acid groups is 1. The number of H-pyrrole nitrogens is 3. The molecular formula is C39H51Br3Cl3N6O7P. The molecule has 0 aliphatic rings. The lowest BCUT2D eigenvalue weighted by molar-refractivity contribution is -0.870. The van der Waals surface area contributed by atoms with Gasteiger partial charge in [0, 0.05) is 32.0 Å². The molecule has 0 saturated carbocycles. The molecule has 0 amide bonds. The number of quaternary nitrogens is 3. The molecule has 326 valence electrons. The Morgan fingerprint density at radius 1 is 0.508 bits per heavy atom. The number of ether oxygens (including phenoxy) is 3. The van der Waals surface area contributed by atoms with Crippen LogP contribution in [0.5, 0.6) is 17.2 Å². The number of nitrogens with zero attached hydrogens (tertiary/aromatic N) is 3. The SMILES string of the molecule is C[N+](C)(C)CCOc1c[nH]c2ccc(Br)c(Cl)c12.C[N+](C)(C)CCOc1c[nH]c2ccc(Br)c(Cl)c12.C[N+](C)(C)CCOc1c[nH]c2ccc(Br)c(Cl)c12.O=P([O-])([O-])[O-]. The van der Waals surface area contributed by atoms with E-state index in [1.54, 1.807) is 0 Å². The zero-order valence-electron chi connectivity index (χ0n) is 34.4. The van der Waals surface area contributed by atoms with Gasteiger partial charge in [-0.15, -0.1) is 0 Å². The van der Waals surface area contributed by atoms with Crippen molar-refractivity contribution in [1.29, 1.82) is 0 Å². The van der Waals surface area contributed by atoms with Gasteiger partial charge in [0.25, 0.3) is 0 Å². The van der Waals surface area contributed by atoms with Crippen molar-refractivity contribution >= 4 is 123 Å². The van der Waals surface area contributed by atoms with Gasteiger partial charge >= 0.3 is 0 Å². The number of likely N-dealkylation sites (N-methyl/N-ethyl adjacent to an activating group) is 3. The van der Waals surface area contributed by atoms with Gasteiger partial charge in [-0.25, -0.2) is 0 Å². The van der Waals surface area contributed by atoms with Crippen LogP contribution in [0.3, 0.4) is 0 Å². The molecule has 0 saturated heterocycles. The fraction of sp³-hybridized carbons (Fsp3) is 0.385. The normalized spacial score (nSPS) is 12.0. The number of nitrogens with one attached hydrogen (secondary N) is 3.